The zero-order chi connectivity index (χ0) is 17.9. The zero-order valence-electron chi connectivity index (χ0n) is 14.3. The van der Waals surface area contributed by atoms with Crippen molar-refractivity contribution in [2.75, 3.05) is 43.2 Å². The van der Waals surface area contributed by atoms with E-state index in [-0.39, 0.29) is 0 Å². The van der Waals surface area contributed by atoms with Crippen molar-refractivity contribution in [2.24, 2.45) is 0 Å². The van der Waals surface area contributed by atoms with E-state index < -0.39 is 0 Å². The molecule has 1 aromatic carbocycles. The van der Waals surface area contributed by atoms with Crippen molar-refractivity contribution in [1.82, 2.24) is 24.5 Å². The van der Waals surface area contributed by atoms with E-state index in [9.17, 15) is 0 Å². The Morgan fingerprint density at radius 3 is 2.46 bits per heavy atom. The summed E-state index contributed by atoms with van der Waals surface area (Å²) >= 11 is 5.99. The van der Waals surface area contributed by atoms with Gasteiger partial charge in [-0.15, -0.1) is 0 Å². The Balaban J connectivity index is 1.74. The lowest BCUT2D eigenvalue weighted by atomic mass is 10.3. The van der Waals surface area contributed by atoms with Gasteiger partial charge in [0, 0.05) is 43.2 Å². The fourth-order valence-electron chi connectivity index (χ4n) is 2.67. The summed E-state index contributed by atoms with van der Waals surface area (Å²) in [6.45, 7) is 2.82. The largest absolute Gasteiger partial charge is 0.378 e. The Morgan fingerprint density at radius 1 is 1.04 bits per heavy atom. The minimum atomic E-state index is 0.523. The maximum atomic E-state index is 5.99. The van der Waals surface area contributed by atoms with E-state index in [1.54, 1.807) is 17.1 Å². The molecule has 1 fully saturated rings. The van der Waals surface area contributed by atoms with Crippen LogP contribution in [0.5, 0.6) is 0 Å². The lowest BCUT2D eigenvalue weighted by molar-refractivity contribution is 0.122. The van der Waals surface area contributed by atoms with E-state index >= 15 is 0 Å². The average Bonchev–Trinajstić information content (AvgIpc) is 3.23. The minimum Gasteiger partial charge on any atom is -0.378 e. The van der Waals surface area contributed by atoms with Crippen LogP contribution in [0.3, 0.4) is 0 Å². The molecule has 2 aromatic heterocycles. The maximum absolute atomic E-state index is 5.99. The summed E-state index contributed by atoms with van der Waals surface area (Å²) in [6, 6.07) is 7.54. The molecule has 26 heavy (non-hydrogen) atoms. The SMILES string of the molecule is CN(c1ccc(Cl)cc1)c1nc(N2CCOCC2)nc(-n2ccnc2)n1. The highest BCUT2D eigenvalue weighted by Crippen LogP contribution is 2.24. The molecule has 0 N–H and O–H groups in total. The molecule has 0 atom stereocenters. The highest BCUT2D eigenvalue weighted by molar-refractivity contribution is 6.30. The van der Waals surface area contributed by atoms with Crippen LogP contribution < -0.4 is 9.80 Å². The van der Waals surface area contributed by atoms with E-state index in [0.29, 0.717) is 36.1 Å². The number of benzene rings is 1. The van der Waals surface area contributed by atoms with E-state index in [2.05, 4.69) is 24.8 Å². The monoisotopic (exact) mass is 371 g/mol. The topological polar surface area (TPSA) is 72.2 Å². The fraction of sp³-hybridized carbons (Fsp3) is 0.294. The van der Waals surface area contributed by atoms with Gasteiger partial charge in [-0.25, -0.2) is 4.98 Å². The van der Waals surface area contributed by atoms with Gasteiger partial charge in [0.05, 0.1) is 13.2 Å². The van der Waals surface area contributed by atoms with Crippen molar-refractivity contribution in [3.05, 3.63) is 48.0 Å². The number of anilines is 3. The van der Waals surface area contributed by atoms with Crippen LogP contribution in [0.25, 0.3) is 5.95 Å². The standard InChI is InChI=1S/C17H18ClN7O/c1-23(14-4-2-13(18)3-5-14)15-20-16(24-8-10-26-11-9-24)22-17(21-15)25-7-6-19-12-25/h2-7,12H,8-11H2,1H3. The number of morpholine rings is 1. The molecule has 0 radical (unpaired) electrons. The molecular formula is C17H18ClN7O. The molecule has 9 heteroatoms. The van der Waals surface area contributed by atoms with Gasteiger partial charge >= 0.3 is 0 Å². The average molecular weight is 372 g/mol. The zero-order valence-corrected chi connectivity index (χ0v) is 15.0. The first kappa shape index (κ1) is 16.7. The summed E-state index contributed by atoms with van der Waals surface area (Å²) in [6.07, 6.45) is 5.18. The first-order chi connectivity index (χ1) is 12.7. The number of imidazole rings is 1. The number of aromatic nitrogens is 5. The molecule has 0 unspecified atom stereocenters. The smallest absolute Gasteiger partial charge is 0.241 e. The van der Waals surface area contributed by atoms with Crippen LogP contribution in [0.15, 0.2) is 43.0 Å². The summed E-state index contributed by atoms with van der Waals surface area (Å²) < 4.78 is 7.20. The van der Waals surface area contributed by atoms with E-state index in [1.807, 2.05) is 42.4 Å². The van der Waals surface area contributed by atoms with Crippen LogP contribution in [0.1, 0.15) is 0 Å². The first-order valence-electron chi connectivity index (χ1n) is 8.27. The van der Waals surface area contributed by atoms with Gasteiger partial charge in [-0.05, 0) is 24.3 Å². The van der Waals surface area contributed by atoms with Gasteiger partial charge < -0.3 is 14.5 Å². The molecule has 8 nitrogen and oxygen atoms in total. The number of hydrogen-bond donors (Lipinski definition) is 0. The van der Waals surface area contributed by atoms with Crippen LogP contribution in [0, 0.1) is 0 Å². The van der Waals surface area contributed by atoms with Gasteiger partial charge in [0.25, 0.3) is 0 Å². The van der Waals surface area contributed by atoms with Crippen molar-refractivity contribution in [3.8, 4) is 5.95 Å². The molecule has 0 aliphatic carbocycles. The van der Waals surface area contributed by atoms with E-state index in [0.717, 1.165) is 18.8 Å². The Labute approximate surface area is 156 Å². The summed E-state index contributed by atoms with van der Waals surface area (Å²) in [7, 11) is 1.92. The third kappa shape index (κ3) is 3.47. The Bertz CT molecular complexity index is 863. The number of rotatable bonds is 4. The molecule has 0 spiro atoms. The molecule has 0 bridgehead atoms. The van der Waals surface area contributed by atoms with Gasteiger partial charge in [0.15, 0.2) is 0 Å². The van der Waals surface area contributed by atoms with Crippen molar-refractivity contribution in [1.29, 1.82) is 0 Å². The van der Waals surface area contributed by atoms with Gasteiger partial charge in [0.2, 0.25) is 17.8 Å². The summed E-state index contributed by atoms with van der Waals surface area (Å²) in [4.78, 5) is 22.0. The number of nitrogens with zero attached hydrogens (tertiary/aromatic N) is 7. The normalized spacial score (nSPS) is 14.5. The predicted molar refractivity (Wildman–Crippen MR) is 99.5 cm³/mol. The first-order valence-corrected chi connectivity index (χ1v) is 8.65. The molecule has 0 amide bonds. The van der Waals surface area contributed by atoms with Crippen molar-refractivity contribution in [2.45, 2.75) is 0 Å². The second-order valence-electron chi connectivity index (χ2n) is 5.84. The van der Waals surface area contributed by atoms with Crippen LogP contribution in [0.2, 0.25) is 5.02 Å². The van der Waals surface area contributed by atoms with Gasteiger partial charge in [0.1, 0.15) is 6.33 Å². The molecule has 0 saturated carbocycles. The molecule has 1 saturated heterocycles. The third-order valence-electron chi connectivity index (χ3n) is 4.14. The summed E-state index contributed by atoms with van der Waals surface area (Å²) in [5.74, 6) is 1.70. The lowest BCUT2D eigenvalue weighted by Crippen LogP contribution is -2.38. The molecule has 134 valence electrons. The number of ether oxygens (including phenoxy) is 1. The predicted octanol–water partition coefficient (Wildman–Crippen LogP) is 2.32. The van der Waals surface area contributed by atoms with Crippen LogP contribution in [-0.4, -0.2) is 57.9 Å². The minimum absolute atomic E-state index is 0.523. The van der Waals surface area contributed by atoms with Crippen molar-refractivity contribution in [3.63, 3.8) is 0 Å². The fourth-order valence-corrected chi connectivity index (χ4v) is 2.80. The second-order valence-corrected chi connectivity index (χ2v) is 6.28. The molecule has 1 aliphatic rings. The molecular weight excluding hydrogens is 354 g/mol. The molecule has 3 heterocycles. The van der Waals surface area contributed by atoms with Gasteiger partial charge in [-0.2, -0.15) is 15.0 Å². The maximum Gasteiger partial charge on any atom is 0.241 e. The highest BCUT2D eigenvalue weighted by atomic mass is 35.5. The lowest BCUT2D eigenvalue weighted by Gasteiger charge is -2.28. The van der Waals surface area contributed by atoms with Crippen LogP contribution >= 0.6 is 11.6 Å². The van der Waals surface area contributed by atoms with Crippen LogP contribution in [-0.2, 0) is 4.74 Å². The summed E-state index contributed by atoms with van der Waals surface area (Å²) in [5.41, 5.74) is 0.935. The Kier molecular flexibility index (Phi) is 4.68. The van der Waals surface area contributed by atoms with Crippen molar-refractivity contribution < 1.29 is 4.74 Å². The van der Waals surface area contributed by atoms with E-state index in [1.165, 1.54) is 0 Å². The molecule has 1 aliphatic heterocycles. The number of halogens is 1. The molecule has 3 aromatic rings. The summed E-state index contributed by atoms with van der Waals surface area (Å²) in [5, 5.41) is 0.686. The van der Waals surface area contributed by atoms with Gasteiger partial charge in [-0.3, -0.25) is 4.57 Å². The Morgan fingerprint density at radius 2 is 1.77 bits per heavy atom. The highest BCUT2D eigenvalue weighted by Gasteiger charge is 2.19. The Hall–Kier alpha value is -2.71. The van der Waals surface area contributed by atoms with Crippen LogP contribution in [0.4, 0.5) is 17.6 Å². The van der Waals surface area contributed by atoms with E-state index in [4.69, 9.17) is 16.3 Å². The number of hydrogen-bond acceptors (Lipinski definition) is 7. The van der Waals surface area contributed by atoms with Crippen molar-refractivity contribution >= 4 is 29.2 Å². The quantitative estimate of drug-likeness (QED) is 0.696. The molecule has 4 rings (SSSR count). The van der Waals surface area contributed by atoms with Gasteiger partial charge in [-0.1, -0.05) is 11.6 Å². The third-order valence-corrected chi connectivity index (χ3v) is 4.40. The second kappa shape index (κ2) is 7.27.